The van der Waals surface area contributed by atoms with Crippen molar-refractivity contribution < 1.29 is 18.6 Å². The van der Waals surface area contributed by atoms with Crippen LogP contribution < -0.4 is 4.74 Å². The fraction of sp³-hybridized carbons (Fsp3) is 0.381. The van der Waals surface area contributed by atoms with Crippen LogP contribution >= 0.6 is 15.9 Å². The first-order valence-corrected chi connectivity index (χ1v) is 10.2. The van der Waals surface area contributed by atoms with E-state index in [0.29, 0.717) is 10.4 Å². The van der Waals surface area contributed by atoms with Crippen molar-refractivity contribution in [2.24, 2.45) is 0 Å². The lowest BCUT2D eigenvalue weighted by molar-refractivity contribution is 0.0882. The Morgan fingerprint density at radius 2 is 1.86 bits per heavy atom. The van der Waals surface area contributed by atoms with E-state index < -0.39 is 23.5 Å². The Morgan fingerprint density at radius 3 is 2.57 bits per heavy atom. The van der Waals surface area contributed by atoms with Crippen molar-refractivity contribution in [2.75, 3.05) is 6.61 Å². The van der Waals surface area contributed by atoms with Crippen LogP contribution in [-0.2, 0) is 6.54 Å². The van der Waals surface area contributed by atoms with Crippen molar-refractivity contribution in [3.8, 4) is 5.75 Å². The van der Waals surface area contributed by atoms with E-state index in [1.807, 2.05) is 28.8 Å². The summed E-state index contributed by atoms with van der Waals surface area (Å²) in [7, 11) is 0. The Labute approximate surface area is 170 Å². The maximum absolute atomic E-state index is 13.9. The molecular formula is C21H21BrF2N2O2. The number of fused-ring (bicyclic) bond motifs is 1. The number of para-hydroxylation sites is 2. The van der Waals surface area contributed by atoms with E-state index in [2.05, 4.69) is 15.9 Å². The Balaban J connectivity index is 1.54. The van der Waals surface area contributed by atoms with Crippen LogP contribution in [-0.4, -0.2) is 27.4 Å². The molecule has 28 heavy (non-hydrogen) atoms. The predicted molar refractivity (Wildman–Crippen MR) is 107 cm³/mol. The molecule has 0 radical (unpaired) electrons. The van der Waals surface area contributed by atoms with Gasteiger partial charge in [-0.2, -0.15) is 0 Å². The minimum atomic E-state index is -0.930. The fourth-order valence-corrected chi connectivity index (χ4v) is 4.29. The third kappa shape index (κ3) is 3.91. The van der Waals surface area contributed by atoms with Crippen molar-refractivity contribution in [3.05, 3.63) is 58.3 Å². The Hall–Kier alpha value is -1.99. The number of imidazole rings is 1. The molecule has 0 saturated heterocycles. The highest BCUT2D eigenvalue weighted by Crippen LogP contribution is 2.35. The molecule has 4 rings (SSSR count). The number of benzene rings is 2. The van der Waals surface area contributed by atoms with E-state index >= 15 is 0 Å². The summed E-state index contributed by atoms with van der Waals surface area (Å²) in [5, 5.41) is 10.5. The second-order valence-corrected chi connectivity index (χ2v) is 8.13. The van der Waals surface area contributed by atoms with Gasteiger partial charge in [-0.25, -0.2) is 13.8 Å². The Bertz CT molecular complexity index is 963. The summed E-state index contributed by atoms with van der Waals surface area (Å²) in [6.07, 6.45) is 3.61. The molecule has 1 N–H and O–H groups in total. The van der Waals surface area contributed by atoms with Crippen molar-refractivity contribution in [2.45, 2.75) is 44.2 Å². The minimum absolute atomic E-state index is 0.216. The molecule has 0 amide bonds. The van der Waals surface area contributed by atoms with Gasteiger partial charge in [0.2, 0.25) is 0 Å². The van der Waals surface area contributed by atoms with Gasteiger partial charge in [-0.05, 0) is 37.1 Å². The van der Waals surface area contributed by atoms with Gasteiger partial charge in [0.15, 0.2) is 17.4 Å². The summed E-state index contributed by atoms with van der Waals surface area (Å²) in [5.41, 5.74) is 1.84. The fourth-order valence-electron chi connectivity index (χ4n) is 3.89. The van der Waals surface area contributed by atoms with Gasteiger partial charge in [-0.15, -0.1) is 0 Å². The largest absolute Gasteiger partial charge is 0.485 e. The second kappa shape index (κ2) is 8.17. The highest BCUT2D eigenvalue weighted by molar-refractivity contribution is 9.10. The molecule has 1 saturated carbocycles. The van der Waals surface area contributed by atoms with Crippen LogP contribution in [0.15, 0.2) is 40.9 Å². The molecule has 1 unspecified atom stereocenters. The summed E-state index contributed by atoms with van der Waals surface area (Å²) in [4.78, 5) is 4.79. The van der Waals surface area contributed by atoms with E-state index in [-0.39, 0.29) is 13.2 Å². The van der Waals surface area contributed by atoms with E-state index in [9.17, 15) is 13.9 Å². The minimum Gasteiger partial charge on any atom is -0.485 e. The lowest BCUT2D eigenvalue weighted by Gasteiger charge is -2.18. The van der Waals surface area contributed by atoms with Crippen molar-refractivity contribution in [1.29, 1.82) is 0 Å². The van der Waals surface area contributed by atoms with Gasteiger partial charge < -0.3 is 14.4 Å². The molecule has 1 aromatic heterocycles. The highest BCUT2D eigenvalue weighted by Gasteiger charge is 2.25. The number of aliphatic hydroxyl groups excluding tert-OH is 1. The molecule has 7 heteroatoms. The molecule has 4 nitrogen and oxygen atoms in total. The van der Waals surface area contributed by atoms with E-state index in [1.165, 1.54) is 12.8 Å². The number of nitrogens with zero attached hydrogens (tertiary/aromatic N) is 2. The van der Waals surface area contributed by atoms with Crippen LogP contribution in [0.1, 0.15) is 37.4 Å². The number of hydrogen-bond acceptors (Lipinski definition) is 3. The van der Waals surface area contributed by atoms with Crippen LogP contribution in [0, 0.1) is 11.6 Å². The summed E-state index contributed by atoms with van der Waals surface area (Å²) in [6, 6.07) is 10.1. The number of aromatic nitrogens is 2. The SMILES string of the molecule is OC(COc1c(F)cc(Br)cc1F)Cn1c(C2CCCC2)nc2ccccc21. The second-order valence-electron chi connectivity index (χ2n) is 7.21. The smallest absolute Gasteiger partial charge is 0.190 e. The van der Waals surface area contributed by atoms with Crippen LogP contribution in [0.3, 0.4) is 0 Å². The molecule has 1 aliphatic carbocycles. The first kappa shape index (κ1) is 19.3. The summed E-state index contributed by atoms with van der Waals surface area (Å²) < 4.78 is 35.4. The van der Waals surface area contributed by atoms with Crippen LogP contribution in [0.2, 0.25) is 0 Å². The first-order chi connectivity index (χ1) is 13.5. The Kier molecular flexibility index (Phi) is 5.64. The van der Waals surface area contributed by atoms with Gasteiger partial charge in [-0.3, -0.25) is 0 Å². The number of ether oxygens (including phenoxy) is 1. The van der Waals surface area contributed by atoms with Crippen molar-refractivity contribution in [1.82, 2.24) is 9.55 Å². The predicted octanol–water partition coefficient (Wildman–Crippen LogP) is 5.17. The summed E-state index contributed by atoms with van der Waals surface area (Å²) >= 11 is 3.03. The van der Waals surface area contributed by atoms with Gasteiger partial charge in [0, 0.05) is 10.4 Å². The van der Waals surface area contributed by atoms with Crippen LogP contribution in [0.5, 0.6) is 5.75 Å². The topological polar surface area (TPSA) is 47.3 Å². The van der Waals surface area contributed by atoms with Gasteiger partial charge in [-0.1, -0.05) is 40.9 Å². The zero-order valence-electron chi connectivity index (χ0n) is 15.2. The number of halogens is 3. The molecule has 0 aliphatic heterocycles. The maximum atomic E-state index is 13.9. The average Bonchev–Trinajstić information content (AvgIpc) is 3.29. The standard InChI is InChI=1S/C21H21BrF2N2O2/c22-14-9-16(23)20(17(24)10-14)28-12-15(27)11-26-19-8-4-3-7-18(19)25-21(26)13-5-1-2-6-13/h3-4,7-10,13,15,27H,1-2,5-6,11-12H2. The molecule has 0 spiro atoms. The molecule has 1 heterocycles. The normalized spacial score (nSPS) is 16.0. The van der Waals surface area contributed by atoms with E-state index in [1.54, 1.807) is 0 Å². The van der Waals surface area contributed by atoms with Crippen molar-refractivity contribution in [3.63, 3.8) is 0 Å². The monoisotopic (exact) mass is 450 g/mol. The number of hydrogen-bond donors (Lipinski definition) is 1. The third-order valence-corrected chi connectivity index (χ3v) is 5.64. The average molecular weight is 451 g/mol. The molecular weight excluding hydrogens is 430 g/mol. The molecule has 148 valence electrons. The van der Waals surface area contributed by atoms with E-state index in [0.717, 1.165) is 41.8 Å². The Morgan fingerprint density at radius 1 is 1.18 bits per heavy atom. The number of rotatable bonds is 6. The number of aliphatic hydroxyl groups is 1. The van der Waals surface area contributed by atoms with Gasteiger partial charge in [0.05, 0.1) is 17.6 Å². The molecule has 0 bridgehead atoms. The zero-order chi connectivity index (χ0) is 19.7. The van der Waals surface area contributed by atoms with Crippen LogP contribution in [0.4, 0.5) is 8.78 Å². The summed E-state index contributed by atoms with van der Waals surface area (Å²) in [6.45, 7) is 0.0399. The van der Waals surface area contributed by atoms with Gasteiger partial charge >= 0.3 is 0 Å². The maximum Gasteiger partial charge on any atom is 0.190 e. The van der Waals surface area contributed by atoms with Crippen molar-refractivity contribution >= 4 is 27.0 Å². The highest BCUT2D eigenvalue weighted by atomic mass is 79.9. The lowest BCUT2D eigenvalue weighted by Crippen LogP contribution is -2.25. The molecule has 2 aromatic carbocycles. The molecule has 3 aromatic rings. The third-order valence-electron chi connectivity index (χ3n) is 5.18. The molecule has 1 fully saturated rings. The molecule has 1 atom stereocenters. The summed E-state index contributed by atoms with van der Waals surface area (Å²) in [5.74, 6) is -0.744. The van der Waals surface area contributed by atoms with Crippen LogP contribution in [0.25, 0.3) is 11.0 Å². The molecule has 1 aliphatic rings. The quantitative estimate of drug-likeness (QED) is 0.562. The first-order valence-electron chi connectivity index (χ1n) is 9.43. The zero-order valence-corrected chi connectivity index (χ0v) is 16.8. The van der Waals surface area contributed by atoms with Gasteiger partial charge in [0.1, 0.15) is 18.5 Å². The lowest BCUT2D eigenvalue weighted by atomic mass is 10.1. The van der Waals surface area contributed by atoms with Gasteiger partial charge in [0.25, 0.3) is 0 Å². The van der Waals surface area contributed by atoms with E-state index in [4.69, 9.17) is 9.72 Å².